The van der Waals surface area contributed by atoms with Gasteiger partial charge >= 0.3 is 0 Å². The minimum absolute atomic E-state index is 0.0166. The largest absolute Gasteiger partial charge is 0.347 e. The number of likely N-dealkylation sites (N-methyl/N-ethyl adjacent to an activating group) is 1. The predicted molar refractivity (Wildman–Crippen MR) is 118 cm³/mol. The first-order chi connectivity index (χ1) is 13.8. The van der Waals surface area contributed by atoms with Crippen LogP contribution in [0.2, 0.25) is 0 Å². The number of aromatic nitrogens is 1. The fourth-order valence-corrected chi connectivity index (χ4v) is 5.58. The number of hydrogen-bond acceptors (Lipinski definition) is 7. The molecule has 0 bridgehead atoms. The molecule has 0 unspecified atom stereocenters. The Morgan fingerprint density at radius 2 is 2.07 bits per heavy atom. The zero-order valence-electron chi connectivity index (χ0n) is 16.2. The van der Waals surface area contributed by atoms with Crippen LogP contribution in [-0.2, 0) is 10.2 Å². The number of nitrogens with zero attached hydrogens (tertiary/aromatic N) is 3. The van der Waals surface area contributed by atoms with Crippen molar-refractivity contribution in [2.75, 3.05) is 17.7 Å². The molecule has 1 aliphatic heterocycles. The molecule has 0 fully saturated rings. The van der Waals surface area contributed by atoms with Crippen LogP contribution in [0.5, 0.6) is 0 Å². The van der Waals surface area contributed by atoms with Crippen molar-refractivity contribution in [2.45, 2.75) is 23.6 Å². The Bertz CT molecular complexity index is 1170. The van der Waals surface area contributed by atoms with E-state index in [0.717, 1.165) is 20.4 Å². The second kappa shape index (κ2) is 7.27. The molecule has 0 amide bonds. The number of para-hydroxylation sites is 1. The molecule has 0 aliphatic carbocycles. The Kier molecular flexibility index (Phi) is 4.92. The Morgan fingerprint density at radius 1 is 1.31 bits per heavy atom. The van der Waals surface area contributed by atoms with E-state index in [4.69, 9.17) is 0 Å². The fourth-order valence-electron chi connectivity index (χ4n) is 3.65. The van der Waals surface area contributed by atoms with Gasteiger partial charge < -0.3 is 4.90 Å². The summed E-state index contributed by atoms with van der Waals surface area (Å²) in [6.45, 7) is 4.25. The third-order valence-electron chi connectivity index (χ3n) is 5.14. The molecule has 6 nitrogen and oxygen atoms in total. The van der Waals surface area contributed by atoms with Crippen LogP contribution in [0, 0.1) is 10.1 Å². The first-order valence-corrected chi connectivity index (χ1v) is 10.8. The Balaban J connectivity index is 1.51. The van der Waals surface area contributed by atoms with Crippen LogP contribution in [0.15, 0.2) is 58.6 Å². The maximum absolute atomic E-state index is 12.7. The van der Waals surface area contributed by atoms with Gasteiger partial charge in [-0.1, -0.05) is 43.8 Å². The van der Waals surface area contributed by atoms with Crippen LogP contribution in [0.4, 0.5) is 11.4 Å². The molecular formula is C21H19N3O3S2. The molecule has 4 rings (SSSR count). The number of non-ortho nitro benzene ring substituents is 1. The molecule has 1 aliphatic rings. The van der Waals surface area contributed by atoms with Gasteiger partial charge in [0.15, 0.2) is 10.1 Å². The van der Waals surface area contributed by atoms with E-state index in [-0.39, 0.29) is 22.6 Å². The van der Waals surface area contributed by atoms with Gasteiger partial charge in [-0.3, -0.25) is 14.9 Å². The highest BCUT2D eigenvalue weighted by Crippen LogP contribution is 2.46. The number of thioether (sulfide) groups is 1. The number of thiazole rings is 1. The van der Waals surface area contributed by atoms with E-state index in [0.29, 0.717) is 5.52 Å². The summed E-state index contributed by atoms with van der Waals surface area (Å²) in [6, 6.07) is 12.8. The zero-order valence-corrected chi connectivity index (χ0v) is 17.8. The first kappa shape index (κ1) is 19.6. The topological polar surface area (TPSA) is 76.3 Å². The average molecular weight is 426 g/mol. The third kappa shape index (κ3) is 3.54. The number of allylic oxidation sites excluding steroid dienone is 2. The number of carbonyl (C=O) groups excluding carboxylic acids is 1. The van der Waals surface area contributed by atoms with Crippen LogP contribution in [0.25, 0.3) is 10.2 Å². The molecule has 2 aromatic carbocycles. The molecule has 148 valence electrons. The third-order valence-corrected chi connectivity index (χ3v) is 7.32. The second-order valence-electron chi connectivity index (χ2n) is 7.37. The van der Waals surface area contributed by atoms with E-state index in [2.05, 4.69) is 35.9 Å². The molecule has 3 aromatic rings. The summed E-state index contributed by atoms with van der Waals surface area (Å²) < 4.78 is 1.48. The van der Waals surface area contributed by atoms with E-state index in [1.54, 1.807) is 12.1 Å². The van der Waals surface area contributed by atoms with Crippen LogP contribution >= 0.6 is 23.1 Å². The van der Waals surface area contributed by atoms with Gasteiger partial charge in [0, 0.05) is 42.1 Å². The van der Waals surface area contributed by atoms with E-state index in [1.165, 1.54) is 40.8 Å². The molecule has 29 heavy (non-hydrogen) atoms. The average Bonchev–Trinajstić information content (AvgIpc) is 3.19. The van der Waals surface area contributed by atoms with Crippen molar-refractivity contribution in [2.24, 2.45) is 0 Å². The lowest BCUT2D eigenvalue weighted by Gasteiger charge is -2.23. The van der Waals surface area contributed by atoms with Crippen LogP contribution in [-0.4, -0.2) is 28.5 Å². The van der Waals surface area contributed by atoms with Crippen LogP contribution in [0.3, 0.4) is 0 Å². The first-order valence-electron chi connectivity index (χ1n) is 9.03. The quantitative estimate of drug-likeness (QED) is 0.243. The summed E-state index contributed by atoms with van der Waals surface area (Å²) in [4.78, 5) is 29.7. The minimum atomic E-state index is -0.417. The SMILES string of the molecule is CN1/C(=C\C(=O)CSc2nc3ccc([N+](=O)[O-])cc3s2)C(C)(C)c2ccccc21. The van der Waals surface area contributed by atoms with Crippen LogP contribution in [0.1, 0.15) is 19.4 Å². The van der Waals surface area contributed by atoms with E-state index < -0.39 is 4.92 Å². The lowest BCUT2D eigenvalue weighted by atomic mass is 9.83. The number of carbonyl (C=O) groups is 1. The number of nitro benzene ring substituents is 1. The molecule has 2 heterocycles. The van der Waals surface area contributed by atoms with Crippen molar-refractivity contribution in [3.63, 3.8) is 0 Å². The highest BCUT2D eigenvalue weighted by Gasteiger charge is 2.38. The number of benzene rings is 2. The van der Waals surface area contributed by atoms with E-state index in [1.807, 2.05) is 19.2 Å². The van der Waals surface area contributed by atoms with Gasteiger partial charge in [0.1, 0.15) is 0 Å². The van der Waals surface area contributed by atoms with Crippen molar-refractivity contribution < 1.29 is 9.72 Å². The number of fused-ring (bicyclic) bond motifs is 2. The predicted octanol–water partition coefficient (Wildman–Crippen LogP) is 5.18. The van der Waals surface area contributed by atoms with Crippen molar-refractivity contribution >= 4 is 50.5 Å². The van der Waals surface area contributed by atoms with Crippen LogP contribution < -0.4 is 4.90 Å². The van der Waals surface area contributed by atoms with Gasteiger partial charge in [-0.05, 0) is 17.7 Å². The van der Waals surface area contributed by atoms with Crippen molar-refractivity contribution in [3.8, 4) is 0 Å². The van der Waals surface area contributed by atoms with E-state index in [9.17, 15) is 14.9 Å². The number of ketones is 1. The summed E-state index contributed by atoms with van der Waals surface area (Å²) in [5, 5.41) is 10.9. The van der Waals surface area contributed by atoms with Crippen molar-refractivity contribution in [1.82, 2.24) is 4.98 Å². The van der Waals surface area contributed by atoms with Crippen molar-refractivity contribution in [3.05, 3.63) is 69.9 Å². The number of nitro groups is 1. The minimum Gasteiger partial charge on any atom is -0.347 e. The lowest BCUT2D eigenvalue weighted by molar-refractivity contribution is -0.384. The number of rotatable bonds is 5. The molecule has 0 saturated carbocycles. The fraction of sp³-hybridized carbons (Fsp3) is 0.238. The summed E-state index contributed by atoms with van der Waals surface area (Å²) in [6.07, 6.45) is 1.73. The molecule has 0 radical (unpaired) electrons. The Labute approximate surface area is 176 Å². The highest BCUT2D eigenvalue weighted by molar-refractivity contribution is 8.01. The summed E-state index contributed by atoms with van der Waals surface area (Å²) in [5.74, 6) is 0.286. The van der Waals surface area contributed by atoms with Gasteiger partial charge in [0.05, 0.1) is 20.9 Å². The standard InChI is InChI=1S/C21H19N3O3S2/c1-21(2)15-6-4-5-7-17(15)23(3)19(21)11-14(25)12-28-20-22-16-9-8-13(24(26)27)10-18(16)29-20/h4-11H,12H2,1-3H3/b19-11-. The highest BCUT2D eigenvalue weighted by atomic mass is 32.2. The summed E-state index contributed by atoms with van der Waals surface area (Å²) in [5.41, 5.74) is 3.83. The lowest BCUT2D eigenvalue weighted by Crippen LogP contribution is -2.24. The second-order valence-corrected chi connectivity index (χ2v) is 9.63. The zero-order chi connectivity index (χ0) is 20.8. The molecule has 1 aromatic heterocycles. The maximum atomic E-state index is 12.7. The van der Waals surface area contributed by atoms with Gasteiger partial charge in [-0.2, -0.15) is 0 Å². The molecule has 0 N–H and O–H groups in total. The monoisotopic (exact) mass is 425 g/mol. The summed E-state index contributed by atoms with van der Waals surface area (Å²) in [7, 11) is 1.99. The number of anilines is 1. The Hall–Kier alpha value is -2.71. The molecule has 0 atom stereocenters. The van der Waals surface area contributed by atoms with Gasteiger partial charge in [0.2, 0.25) is 0 Å². The summed E-state index contributed by atoms with van der Waals surface area (Å²) >= 11 is 2.73. The Morgan fingerprint density at radius 3 is 2.79 bits per heavy atom. The molecule has 0 spiro atoms. The van der Waals surface area contributed by atoms with Gasteiger partial charge in [-0.15, -0.1) is 11.3 Å². The molecule has 8 heteroatoms. The van der Waals surface area contributed by atoms with Crippen molar-refractivity contribution in [1.29, 1.82) is 0 Å². The normalized spacial score (nSPS) is 16.4. The van der Waals surface area contributed by atoms with E-state index >= 15 is 0 Å². The maximum Gasteiger partial charge on any atom is 0.270 e. The number of hydrogen-bond donors (Lipinski definition) is 0. The molecular weight excluding hydrogens is 406 g/mol. The van der Waals surface area contributed by atoms with Gasteiger partial charge in [-0.25, -0.2) is 4.98 Å². The smallest absolute Gasteiger partial charge is 0.270 e. The molecule has 0 saturated heterocycles. The van der Waals surface area contributed by atoms with Gasteiger partial charge in [0.25, 0.3) is 5.69 Å².